The first-order valence-corrected chi connectivity index (χ1v) is 13.4. The van der Waals surface area contributed by atoms with Crippen molar-refractivity contribution in [3.63, 3.8) is 0 Å². The molecule has 0 amide bonds. The van der Waals surface area contributed by atoms with Crippen molar-refractivity contribution in [3.05, 3.63) is 25.3 Å². The summed E-state index contributed by atoms with van der Waals surface area (Å²) in [5, 5.41) is 0. The second-order valence-corrected chi connectivity index (χ2v) is 9.82. The number of hydrogen-bond donors (Lipinski definition) is 0. The Balaban J connectivity index is 3.34. The van der Waals surface area contributed by atoms with Crippen molar-refractivity contribution >= 4 is 18.2 Å². The van der Waals surface area contributed by atoms with Crippen molar-refractivity contribution in [2.75, 3.05) is 13.2 Å². The Morgan fingerprint density at radius 2 is 0.889 bits per heavy atom. The van der Waals surface area contributed by atoms with Crippen LogP contribution in [0.1, 0.15) is 103 Å². The van der Waals surface area contributed by atoms with Crippen molar-refractivity contribution in [3.8, 4) is 0 Å². The molecule has 0 saturated carbocycles. The zero-order valence-corrected chi connectivity index (χ0v) is 19.0. The van der Waals surface area contributed by atoms with Crippen LogP contribution in [0.4, 0.5) is 0 Å². The second kappa shape index (κ2) is 20.6. The van der Waals surface area contributed by atoms with E-state index in [0.717, 1.165) is 38.5 Å². The molecule has 0 radical (unpaired) electrons. The van der Waals surface area contributed by atoms with Gasteiger partial charge in [-0.2, -0.15) is 0 Å². The number of rotatable bonds is 22. The molecule has 0 unspecified atom stereocenters. The van der Waals surface area contributed by atoms with Gasteiger partial charge in [-0.3, -0.25) is 9.05 Å². The maximum atomic E-state index is 12.0. The molecule has 27 heavy (non-hydrogen) atoms. The first kappa shape index (κ1) is 26.9. The maximum Gasteiger partial charge on any atom is 0.424 e. The van der Waals surface area contributed by atoms with Crippen LogP contribution in [0.25, 0.3) is 0 Å². The van der Waals surface area contributed by atoms with E-state index in [-0.39, 0.29) is 0 Å². The van der Waals surface area contributed by atoms with E-state index in [4.69, 9.17) is 20.3 Å². The molecule has 0 heterocycles. The van der Waals surface area contributed by atoms with Gasteiger partial charge in [-0.15, -0.1) is 13.2 Å². The standard InChI is InChI=1S/C22H42ClO3P/c1-3-5-7-9-11-13-15-17-19-21-25-27(23,24)26-22-20-18-16-14-12-10-8-6-4-2/h3-4H,1-2,5-22H2. The number of allylic oxidation sites excluding steroid dienone is 2. The third-order valence-corrected chi connectivity index (χ3v) is 6.16. The van der Waals surface area contributed by atoms with Crippen LogP contribution in [-0.4, -0.2) is 13.2 Å². The Morgan fingerprint density at radius 3 is 1.22 bits per heavy atom. The van der Waals surface area contributed by atoms with Crippen LogP contribution in [-0.2, 0) is 13.6 Å². The molecule has 0 aromatic heterocycles. The van der Waals surface area contributed by atoms with Crippen molar-refractivity contribution in [2.24, 2.45) is 0 Å². The Bertz CT molecular complexity index is 356. The van der Waals surface area contributed by atoms with E-state index < -0.39 is 6.95 Å². The summed E-state index contributed by atoms with van der Waals surface area (Å²) in [5.41, 5.74) is 0. The summed E-state index contributed by atoms with van der Waals surface area (Å²) < 4.78 is 22.5. The summed E-state index contributed by atoms with van der Waals surface area (Å²) in [5.74, 6) is 0. The molecule has 0 spiro atoms. The summed E-state index contributed by atoms with van der Waals surface area (Å²) in [6, 6.07) is 0. The van der Waals surface area contributed by atoms with Gasteiger partial charge in [0.05, 0.1) is 13.2 Å². The van der Waals surface area contributed by atoms with Crippen LogP contribution in [0.2, 0.25) is 0 Å². The normalized spacial score (nSPS) is 11.6. The van der Waals surface area contributed by atoms with Gasteiger partial charge >= 0.3 is 6.95 Å². The quantitative estimate of drug-likeness (QED) is 0.0995. The van der Waals surface area contributed by atoms with Gasteiger partial charge in [0.15, 0.2) is 0 Å². The van der Waals surface area contributed by atoms with Gasteiger partial charge in [0, 0.05) is 11.2 Å². The smallest absolute Gasteiger partial charge is 0.297 e. The molecule has 0 aliphatic heterocycles. The average molecular weight is 421 g/mol. The molecule has 0 aromatic carbocycles. The van der Waals surface area contributed by atoms with E-state index in [0.29, 0.717) is 13.2 Å². The first-order chi connectivity index (χ1) is 13.1. The Morgan fingerprint density at radius 1 is 0.593 bits per heavy atom. The summed E-state index contributed by atoms with van der Waals surface area (Å²) in [4.78, 5) is 0. The highest BCUT2D eigenvalue weighted by Crippen LogP contribution is 2.53. The second-order valence-electron chi connectivity index (χ2n) is 7.20. The number of unbranched alkanes of at least 4 members (excludes halogenated alkanes) is 14. The molecule has 0 aliphatic carbocycles. The fourth-order valence-electron chi connectivity index (χ4n) is 2.93. The van der Waals surface area contributed by atoms with Crippen LogP contribution in [0, 0.1) is 0 Å². The zero-order valence-electron chi connectivity index (χ0n) is 17.3. The summed E-state index contributed by atoms with van der Waals surface area (Å²) in [6.45, 7) is 4.92. The highest BCUT2D eigenvalue weighted by molar-refractivity contribution is 7.81. The van der Waals surface area contributed by atoms with Crippen molar-refractivity contribution in [1.82, 2.24) is 0 Å². The minimum Gasteiger partial charge on any atom is -0.297 e. The van der Waals surface area contributed by atoms with Crippen LogP contribution >= 0.6 is 18.2 Å². The largest absolute Gasteiger partial charge is 0.424 e. The van der Waals surface area contributed by atoms with Crippen LogP contribution in [0.3, 0.4) is 0 Å². The predicted molar refractivity (Wildman–Crippen MR) is 120 cm³/mol. The molecule has 0 aliphatic rings. The Kier molecular flexibility index (Phi) is 20.6. The molecule has 0 aromatic rings. The lowest BCUT2D eigenvalue weighted by Gasteiger charge is -2.11. The minimum atomic E-state index is -3.39. The van der Waals surface area contributed by atoms with Crippen LogP contribution < -0.4 is 0 Å². The molecular weight excluding hydrogens is 379 g/mol. The van der Waals surface area contributed by atoms with Crippen molar-refractivity contribution in [1.29, 1.82) is 0 Å². The fraction of sp³-hybridized carbons (Fsp3) is 0.818. The Hall–Kier alpha value is -0.0800. The molecule has 0 fully saturated rings. The zero-order chi connectivity index (χ0) is 20.1. The van der Waals surface area contributed by atoms with Crippen LogP contribution in [0.5, 0.6) is 0 Å². The molecule has 0 N–H and O–H groups in total. The average Bonchev–Trinajstić information content (AvgIpc) is 2.64. The lowest BCUT2D eigenvalue weighted by Crippen LogP contribution is -1.96. The lowest BCUT2D eigenvalue weighted by molar-refractivity contribution is 0.211. The Labute approximate surface area is 173 Å². The van der Waals surface area contributed by atoms with Gasteiger partial charge in [0.2, 0.25) is 0 Å². The van der Waals surface area contributed by atoms with E-state index in [1.54, 1.807) is 0 Å². The van der Waals surface area contributed by atoms with E-state index in [1.807, 2.05) is 12.2 Å². The fourth-order valence-corrected chi connectivity index (χ4v) is 4.12. The predicted octanol–water partition coefficient (Wildman–Crippen LogP) is 8.98. The summed E-state index contributed by atoms with van der Waals surface area (Å²) in [7, 11) is 0. The van der Waals surface area contributed by atoms with Crippen molar-refractivity contribution in [2.45, 2.75) is 103 Å². The van der Waals surface area contributed by atoms with Gasteiger partial charge < -0.3 is 0 Å². The molecular formula is C22H42ClO3P. The summed E-state index contributed by atoms with van der Waals surface area (Å²) >= 11 is 5.85. The minimum absolute atomic E-state index is 0.419. The molecule has 0 saturated heterocycles. The maximum absolute atomic E-state index is 12.0. The third-order valence-electron chi connectivity index (χ3n) is 4.60. The van der Waals surface area contributed by atoms with Gasteiger partial charge in [-0.1, -0.05) is 76.4 Å². The molecule has 0 bridgehead atoms. The monoisotopic (exact) mass is 420 g/mol. The topological polar surface area (TPSA) is 35.5 Å². The molecule has 0 atom stereocenters. The van der Waals surface area contributed by atoms with Gasteiger partial charge in [0.1, 0.15) is 0 Å². The molecule has 5 heteroatoms. The number of halogens is 1. The molecule has 3 nitrogen and oxygen atoms in total. The van der Waals surface area contributed by atoms with Crippen LogP contribution in [0.15, 0.2) is 25.3 Å². The van der Waals surface area contributed by atoms with Gasteiger partial charge in [-0.05, 0) is 38.5 Å². The first-order valence-electron chi connectivity index (χ1n) is 10.9. The van der Waals surface area contributed by atoms with E-state index in [9.17, 15) is 4.57 Å². The molecule has 0 rings (SSSR count). The van der Waals surface area contributed by atoms with Gasteiger partial charge in [0.25, 0.3) is 0 Å². The van der Waals surface area contributed by atoms with E-state index >= 15 is 0 Å². The SMILES string of the molecule is C=CCCCCCCCCCOP(=O)(Cl)OCCCCCCCCCC=C. The number of hydrogen-bond acceptors (Lipinski definition) is 3. The summed E-state index contributed by atoms with van der Waals surface area (Å²) in [6.07, 6.45) is 22.7. The third kappa shape index (κ3) is 22.1. The molecule has 160 valence electrons. The highest BCUT2D eigenvalue weighted by Gasteiger charge is 2.19. The van der Waals surface area contributed by atoms with Crippen molar-refractivity contribution < 1.29 is 13.6 Å². The van der Waals surface area contributed by atoms with E-state index in [1.165, 1.54) is 64.2 Å². The van der Waals surface area contributed by atoms with E-state index in [2.05, 4.69) is 13.2 Å². The van der Waals surface area contributed by atoms with Gasteiger partial charge in [-0.25, -0.2) is 4.57 Å². The highest BCUT2D eigenvalue weighted by atomic mass is 35.7. The lowest BCUT2D eigenvalue weighted by atomic mass is 10.1.